The summed E-state index contributed by atoms with van der Waals surface area (Å²) in [5, 5.41) is 2.67. The van der Waals surface area contributed by atoms with E-state index in [1.165, 1.54) is 13.0 Å². The summed E-state index contributed by atoms with van der Waals surface area (Å²) in [6, 6.07) is 4.66. The lowest BCUT2D eigenvalue weighted by Gasteiger charge is -2.26. The molecule has 7 nitrogen and oxygen atoms in total. The molecule has 0 unspecified atom stereocenters. The van der Waals surface area contributed by atoms with Crippen molar-refractivity contribution in [3.05, 3.63) is 23.8 Å². The molecule has 23 heavy (non-hydrogen) atoms. The molecular weight excluding hydrogens is 318 g/mol. The lowest BCUT2D eigenvalue weighted by molar-refractivity contribution is -0.114. The number of nitrogens with one attached hydrogen (secondary N) is 2. The van der Waals surface area contributed by atoms with Gasteiger partial charge in [0.05, 0.1) is 18.1 Å². The summed E-state index contributed by atoms with van der Waals surface area (Å²) in [7, 11) is -3.55. The molecule has 0 aromatic heterocycles. The van der Waals surface area contributed by atoms with Gasteiger partial charge in [-0.25, -0.2) is 13.1 Å². The van der Waals surface area contributed by atoms with Crippen LogP contribution in [0.5, 0.6) is 0 Å². The maximum absolute atomic E-state index is 12.3. The highest BCUT2D eigenvalue weighted by molar-refractivity contribution is 7.89. The normalized spacial score (nSPS) is 16.3. The van der Waals surface area contributed by atoms with Gasteiger partial charge in [-0.15, -0.1) is 0 Å². The van der Waals surface area contributed by atoms with Crippen molar-refractivity contribution in [1.29, 1.82) is 0 Å². The number of carbonyl (C=O) groups excluding carboxylic acids is 1. The van der Waals surface area contributed by atoms with Crippen LogP contribution in [-0.2, 0) is 19.6 Å². The SMILES string of the molecule is CC(=O)Nc1ccc(S(=O)(=O)NCCN2CCOCC2)cc1C. The second-order valence-corrected chi connectivity index (χ2v) is 7.28. The van der Waals surface area contributed by atoms with Crippen LogP contribution in [0.1, 0.15) is 12.5 Å². The summed E-state index contributed by atoms with van der Waals surface area (Å²) in [5.41, 5.74) is 1.32. The average molecular weight is 341 g/mol. The molecule has 0 radical (unpaired) electrons. The summed E-state index contributed by atoms with van der Waals surface area (Å²) in [4.78, 5) is 13.4. The molecule has 1 saturated heterocycles. The fourth-order valence-electron chi connectivity index (χ4n) is 2.38. The van der Waals surface area contributed by atoms with E-state index in [9.17, 15) is 13.2 Å². The van der Waals surface area contributed by atoms with E-state index in [4.69, 9.17) is 4.74 Å². The van der Waals surface area contributed by atoms with Crippen molar-refractivity contribution in [3.8, 4) is 0 Å². The second kappa shape index (κ2) is 7.87. The Hall–Kier alpha value is -1.48. The first-order valence-electron chi connectivity index (χ1n) is 7.56. The van der Waals surface area contributed by atoms with Gasteiger partial charge >= 0.3 is 0 Å². The molecule has 2 N–H and O–H groups in total. The number of ether oxygens (including phenoxy) is 1. The number of nitrogens with zero attached hydrogens (tertiary/aromatic N) is 1. The monoisotopic (exact) mass is 341 g/mol. The van der Waals surface area contributed by atoms with E-state index in [0.717, 1.165) is 13.1 Å². The maximum atomic E-state index is 12.3. The molecule has 1 aliphatic heterocycles. The van der Waals surface area contributed by atoms with Crippen molar-refractivity contribution in [2.75, 3.05) is 44.7 Å². The fraction of sp³-hybridized carbons (Fsp3) is 0.533. The van der Waals surface area contributed by atoms with Crippen LogP contribution < -0.4 is 10.0 Å². The summed E-state index contributed by atoms with van der Waals surface area (Å²) < 4.78 is 32.5. The number of hydrogen-bond acceptors (Lipinski definition) is 5. The molecule has 1 amide bonds. The Morgan fingerprint density at radius 3 is 2.61 bits per heavy atom. The quantitative estimate of drug-likeness (QED) is 0.790. The molecule has 8 heteroatoms. The standard InChI is InChI=1S/C15H23N3O4S/c1-12-11-14(3-4-15(12)17-13(2)19)23(20,21)16-5-6-18-7-9-22-10-8-18/h3-4,11,16H,5-10H2,1-2H3,(H,17,19). The Kier molecular flexibility index (Phi) is 6.11. The van der Waals surface area contributed by atoms with E-state index in [0.29, 0.717) is 37.6 Å². The van der Waals surface area contributed by atoms with Crippen LogP contribution in [0.3, 0.4) is 0 Å². The van der Waals surface area contributed by atoms with Crippen molar-refractivity contribution in [2.45, 2.75) is 18.7 Å². The zero-order chi connectivity index (χ0) is 16.9. The number of amides is 1. The molecule has 0 bridgehead atoms. The molecule has 2 rings (SSSR count). The molecule has 1 heterocycles. The number of hydrogen-bond donors (Lipinski definition) is 2. The van der Waals surface area contributed by atoms with Gasteiger partial charge < -0.3 is 10.1 Å². The van der Waals surface area contributed by atoms with Crippen LogP contribution in [0, 0.1) is 6.92 Å². The van der Waals surface area contributed by atoms with Gasteiger partial charge in [-0.2, -0.15) is 0 Å². The fourth-order valence-corrected chi connectivity index (χ4v) is 3.49. The minimum atomic E-state index is -3.55. The average Bonchev–Trinajstić information content (AvgIpc) is 2.49. The van der Waals surface area contributed by atoms with E-state index in [1.807, 2.05) is 0 Å². The minimum absolute atomic E-state index is 0.188. The molecule has 0 aliphatic carbocycles. The smallest absolute Gasteiger partial charge is 0.240 e. The van der Waals surface area contributed by atoms with Gasteiger partial charge in [-0.05, 0) is 30.7 Å². The molecule has 0 atom stereocenters. The Balaban J connectivity index is 1.95. The molecular formula is C15H23N3O4S. The maximum Gasteiger partial charge on any atom is 0.240 e. The number of carbonyl (C=O) groups is 1. The van der Waals surface area contributed by atoms with Gasteiger partial charge in [-0.3, -0.25) is 9.69 Å². The molecule has 128 valence electrons. The number of sulfonamides is 1. The molecule has 1 aliphatic rings. The van der Waals surface area contributed by atoms with Gasteiger partial charge in [0.2, 0.25) is 15.9 Å². The van der Waals surface area contributed by atoms with E-state index < -0.39 is 10.0 Å². The number of aryl methyl sites for hydroxylation is 1. The lowest BCUT2D eigenvalue weighted by atomic mass is 10.2. The molecule has 1 aromatic carbocycles. The van der Waals surface area contributed by atoms with Gasteiger partial charge in [0.1, 0.15) is 0 Å². The Morgan fingerprint density at radius 1 is 1.30 bits per heavy atom. The first kappa shape index (κ1) is 17.9. The van der Waals surface area contributed by atoms with Crippen molar-refractivity contribution in [1.82, 2.24) is 9.62 Å². The number of rotatable bonds is 6. The van der Waals surface area contributed by atoms with Crippen molar-refractivity contribution < 1.29 is 17.9 Å². The lowest BCUT2D eigenvalue weighted by Crippen LogP contribution is -2.41. The Labute approximate surface area is 137 Å². The van der Waals surface area contributed by atoms with E-state index in [-0.39, 0.29) is 10.8 Å². The van der Waals surface area contributed by atoms with Gasteiger partial charge in [0.15, 0.2) is 0 Å². The predicted molar refractivity (Wildman–Crippen MR) is 87.9 cm³/mol. The van der Waals surface area contributed by atoms with Crippen LogP contribution in [-0.4, -0.2) is 58.6 Å². The highest BCUT2D eigenvalue weighted by Crippen LogP contribution is 2.19. The number of anilines is 1. The van der Waals surface area contributed by atoms with Crippen LogP contribution in [0.25, 0.3) is 0 Å². The summed E-state index contributed by atoms with van der Waals surface area (Å²) in [5.74, 6) is -0.188. The van der Waals surface area contributed by atoms with Gasteiger partial charge in [0, 0.05) is 38.8 Å². The van der Waals surface area contributed by atoms with E-state index in [2.05, 4.69) is 14.9 Å². The van der Waals surface area contributed by atoms with Crippen LogP contribution in [0.15, 0.2) is 23.1 Å². The second-order valence-electron chi connectivity index (χ2n) is 5.51. The summed E-state index contributed by atoms with van der Waals surface area (Å²) >= 11 is 0. The summed E-state index contributed by atoms with van der Waals surface area (Å²) in [6.07, 6.45) is 0. The topological polar surface area (TPSA) is 87.7 Å². The van der Waals surface area contributed by atoms with Crippen molar-refractivity contribution in [2.24, 2.45) is 0 Å². The van der Waals surface area contributed by atoms with E-state index >= 15 is 0 Å². The third kappa shape index (κ3) is 5.28. The first-order chi connectivity index (χ1) is 10.9. The van der Waals surface area contributed by atoms with Crippen molar-refractivity contribution >= 4 is 21.6 Å². The molecule has 1 aromatic rings. The van der Waals surface area contributed by atoms with Crippen molar-refractivity contribution in [3.63, 3.8) is 0 Å². The zero-order valence-electron chi connectivity index (χ0n) is 13.5. The van der Waals surface area contributed by atoms with E-state index in [1.54, 1.807) is 19.1 Å². The molecule has 0 spiro atoms. The zero-order valence-corrected chi connectivity index (χ0v) is 14.3. The first-order valence-corrected chi connectivity index (χ1v) is 9.05. The molecule has 1 fully saturated rings. The predicted octanol–water partition coefficient (Wildman–Crippen LogP) is 0.564. The van der Waals surface area contributed by atoms with Gasteiger partial charge in [-0.1, -0.05) is 0 Å². The van der Waals surface area contributed by atoms with Crippen LogP contribution >= 0.6 is 0 Å². The summed E-state index contributed by atoms with van der Waals surface area (Å²) in [6.45, 7) is 7.22. The Morgan fingerprint density at radius 2 is 2.00 bits per heavy atom. The van der Waals surface area contributed by atoms with Crippen LogP contribution in [0.2, 0.25) is 0 Å². The third-order valence-corrected chi connectivity index (χ3v) is 5.10. The number of morpholine rings is 1. The highest BCUT2D eigenvalue weighted by atomic mass is 32.2. The largest absolute Gasteiger partial charge is 0.379 e. The number of benzene rings is 1. The minimum Gasteiger partial charge on any atom is -0.379 e. The molecule has 0 saturated carbocycles. The highest BCUT2D eigenvalue weighted by Gasteiger charge is 2.16. The third-order valence-electron chi connectivity index (χ3n) is 3.64. The van der Waals surface area contributed by atoms with Crippen LogP contribution in [0.4, 0.5) is 5.69 Å². The van der Waals surface area contributed by atoms with Gasteiger partial charge in [0.25, 0.3) is 0 Å². The Bertz CT molecular complexity index is 655.